The van der Waals surface area contributed by atoms with Crippen molar-refractivity contribution in [3.05, 3.63) is 56.5 Å². The van der Waals surface area contributed by atoms with Gasteiger partial charge in [-0.25, -0.2) is 0 Å². The van der Waals surface area contributed by atoms with Crippen LogP contribution in [0.1, 0.15) is 51.2 Å². The molecular weight excluding hydrogens is 444 g/mol. The Kier molecular flexibility index (Phi) is 4.97. The van der Waals surface area contributed by atoms with Crippen molar-refractivity contribution in [3.8, 4) is 11.5 Å². The maximum Gasteiger partial charge on any atom is 0.129 e. The lowest BCUT2D eigenvalue weighted by molar-refractivity contribution is 0.126. The van der Waals surface area contributed by atoms with Gasteiger partial charge in [-0.3, -0.25) is 0 Å². The predicted octanol–water partition coefficient (Wildman–Crippen LogP) is 6.76. The van der Waals surface area contributed by atoms with E-state index >= 15 is 0 Å². The van der Waals surface area contributed by atoms with E-state index in [0.29, 0.717) is 5.92 Å². The van der Waals surface area contributed by atoms with Gasteiger partial charge < -0.3 is 10.2 Å². The van der Waals surface area contributed by atoms with Gasteiger partial charge in [0.15, 0.2) is 0 Å². The molecule has 2 nitrogen and oxygen atoms in total. The number of hydrogen-bond donors (Lipinski definition) is 2. The van der Waals surface area contributed by atoms with Gasteiger partial charge in [0.2, 0.25) is 0 Å². The Labute approximate surface area is 166 Å². The molecule has 2 aromatic rings. The van der Waals surface area contributed by atoms with Gasteiger partial charge in [0, 0.05) is 5.41 Å². The lowest BCUT2D eigenvalue weighted by atomic mass is 9.55. The molecule has 1 unspecified atom stereocenters. The highest BCUT2D eigenvalue weighted by Gasteiger charge is 2.45. The van der Waals surface area contributed by atoms with Crippen molar-refractivity contribution in [3.63, 3.8) is 0 Å². The topological polar surface area (TPSA) is 40.5 Å². The van der Waals surface area contributed by atoms with Crippen molar-refractivity contribution in [2.24, 2.45) is 11.3 Å². The van der Waals surface area contributed by atoms with Crippen molar-refractivity contribution in [2.45, 2.75) is 45.4 Å². The van der Waals surface area contributed by atoms with Crippen LogP contribution in [0.2, 0.25) is 0 Å². The highest BCUT2D eigenvalue weighted by atomic mass is 79.9. The third kappa shape index (κ3) is 3.61. The van der Waals surface area contributed by atoms with E-state index in [1.165, 1.54) is 17.5 Å². The zero-order chi connectivity index (χ0) is 18.4. The third-order valence-electron chi connectivity index (χ3n) is 5.38. The molecule has 0 spiro atoms. The summed E-state index contributed by atoms with van der Waals surface area (Å²) >= 11 is 6.96. The third-order valence-corrected chi connectivity index (χ3v) is 6.65. The zero-order valence-electron chi connectivity index (χ0n) is 14.8. The lowest BCUT2D eigenvalue weighted by Gasteiger charge is -2.49. The zero-order valence-corrected chi connectivity index (χ0v) is 18.0. The van der Waals surface area contributed by atoms with E-state index < -0.39 is 0 Å². The van der Waals surface area contributed by atoms with E-state index in [1.807, 2.05) is 24.3 Å². The number of rotatable bonds is 2. The summed E-state index contributed by atoms with van der Waals surface area (Å²) in [6.45, 7) is 6.99. The molecule has 2 N–H and O–H groups in total. The number of aromatic hydroxyl groups is 2. The van der Waals surface area contributed by atoms with Gasteiger partial charge in [0.25, 0.3) is 0 Å². The van der Waals surface area contributed by atoms with Gasteiger partial charge in [-0.05, 0) is 97.8 Å². The molecule has 1 aliphatic carbocycles. The van der Waals surface area contributed by atoms with Gasteiger partial charge in [-0.1, -0.05) is 32.9 Å². The van der Waals surface area contributed by atoms with Gasteiger partial charge in [-0.2, -0.15) is 0 Å². The van der Waals surface area contributed by atoms with Crippen LogP contribution in [0.4, 0.5) is 0 Å². The molecule has 134 valence electrons. The molecule has 0 aromatic heterocycles. The molecule has 3 rings (SSSR count). The predicted molar refractivity (Wildman–Crippen MR) is 109 cm³/mol. The summed E-state index contributed by atoms with van der Waals surface area (Å²) in [6.07, 6.45) is 3.27. The van der Waals surface area contributed by atoms with Crippen LogP contribution in [0.3, 0.4) is 0 Å². The smallest absolute Gasteiger partial charge is 0.129 e. The van der Waals surface area contributed by atoms with Crippen LogP contribution in [-0.2, 0) is 5.41 Å². The van der Waals surface area contributed by atoms with Gasteiger partial charge in [0.05, 0.1) is 8.95 Å². The molecule has 0 bridgehead atoms. The fourth-order valence-electron chi connectivity index (χ4n) is 4.79. The van der Waals surface area contributed by atoms with Crippen molar-refractivity contribution in [1.82, 2.24) is 0 Å². The highest BCUT2D eigenvalue weighted by Crippen LogP contribution is 2.54. The Balaban J connectivity index is 2.23. The number of benzene rings is 2. The van der Waals surface area contributed by atoms with E-state index in [-0.39, 0.29) is 22.3 Å². The van der Waals surface area contributed by atoms with Gasteiger partial charge in [-0.15, -0.1) is 0 Å². The first-order valence-corrected chi connectivity index (χ1v) is 10.2. The second-order valence-corrected chi connectivity index (χ2v) is 9.98. The maximum atomic E-state index is 9.94. The summed E-state index contributed by atoms with van der Waals surface area (Å²) in [4.78, 5) is 0. The van der Waals surface area contributed by atoms with Crippen LogP contribution in [0.25, 0.3) is 0 Å². The van der Waals surface area contributed by atoms with Crippen LogP contribution in [0.5, 0.6) is 11.5 Å². The molecule has 0 aliphatic heterocycles. The van der Waals surface area contributed by atoms with Gasteiger partial charge in [0.1, 0.15) is 11.5 Å². The number of halogens is 2. The van der Waals surface area contributed by atoms with E-state index in [2.05, 4.69) is 52.6 Å². The van der Waals surface area contributed by atoms with Crippen LogP contribution in [0, 0.1) is 11.3 Å². The monoisotopic (exact) mass is 466 g/mol. The van der Waals surface area contributed by atoms with Crippen molar-refractivity contribution in [1.29, 1.82) is 0 Å². The SMILES string of the molecule is CC1CC(C)(C)CC(c2ccc(O)c(Br)c2)(c2ccc(O)c(Br)c2)C1. The fraction of sp³-hybridized carbons (Fsp3) is 0.429. The minimum absolute atomic E-state index is 0.145. The van der Waals surface area contributed by atoms with E-state index in [1.54, 1.807) is 12.1 Å². The van der Waals surface area contributed by atoms with Crippen LogP contribution >= 0.6 is 31.9 Å². The van der Waals surface area contributed by atoms with Gasteiger partial charge >= 0.3 is 0 Å². The van der Waals surface area contributed by atoms with Crippen LogP contribution in [-0.4, -0.2) is 10.2 Å². The standard InChI is InChI=1S/C21H24Br2O2/c1-13-10-20(2,3)12-21(11-13,14-4-6-18(24)16(22)8-14)15-5-7-19(25)17(23)9-15/h4-9,13,24-25H,10-12H2,1-3H3. The number of phenolic OH excluding ortho intramolecular Hbond substituents is 2. The summed E-state index contributed by atoms with van der Waals surface area (Å²) in [7, 11) is 0. The largest absolute Gasteiger partial charge is 0.507 e. The van der Waals surface area contributed by atoms with E-state index in [0.717, 1.165) is 21.8 Å². The molecule has 1 fully saturated rings. The Morgan fingerprint density at radius 3 is 1.76 bits per heavy atom. The second-order valence-electron chi connectivity index (χ2n) is 8.27. The van der Waals surface area contributed by atoms with E-state index in [4.69, 9.17) is 0 Å². The molecule has 4 heteroatoms. The fourth-order valence-corrected chi connectivity index (χ4v) is 5.54. The molecule has 1 atom stereocenters. The summed E-state index contributed by atoms with van der Waals surface area (Å²) in [6, 6.07) is 11.7. The molecule has 25 heavy (non-hydrogen) atoms. The lowest BCUT2D eigenvalue weighted by Crippen LogP contribution is -2.41. The highest BCUT2D eigenvalue weighted by molar-refractivity contribution is 9.10. The first-order valence-electron chi connectivity index (χ1n) is 8.61. The Hall–Kier alpha value is -1.00. The summed E-state index contributed by atoms with van der Waals surface area (Å²) in [5.41, 5.74) is 2.48. The number of phenols is 2. The molecule has 1 aliphatic rings. The molecule has 1 saturated carbocycles. The average molecular weight is 468 g/mol. The minimum atomic E-state index is -0.145. The second kappa shape index (κ2) is 6.62. The molecular formula is C21H24Br2O2. The number of hydrogen-bond acceptors (Lipinski definition) is 2. The van der Waals surface area contributed by atoms with Crippen LogP contribution in [0.15, 0.2) is 45.3 Å². The van der Waals surface area contributed by atoms with E-state index in [9.17, 15) is 10.2 Å². The first kappa shape index (κ1) is 18.8. The summed E-state index contributed by atoms with van der Waals surface area (Å²) in [5.74, 6) is 1.10. The molecule has 0 saturated heterocycles. The molecule has 0 radical (unpaired) electrons. The van der Waals surface area contributed by atoms with Crippen molar-refractivity contribution < 1.29 is 10.2 Å². The molecule has 0 heterocycles. The molecule has 0 amide bonds. The average Bonchev–Trinajstić information content (AvgIpc) is 2.50. The Bertz CT molecular complexity index is 747. The van der Waals surface area contributed by atoms with Crippen molar-refractivity contribution in [2.75, 3.05) is 0 Å². The summed E-state index contributed by atoms with van der Waals surface area (Å²) < 4.78 is 1.44. The Morgan fingerprint density at radius 1 is 0.880 bits per heavy atom. The summed E-state index contributed by atoms with van der Waals surface area (Å²) in [5, 5.41) is 19.9. The first-order chi connectivity index (χ1) is 11.6. The minimum Gasteiger partial charge on any atom is -0.507 e. The normalized spacial score (nSPS) is 21.9. The van der Waals surface area contributed by atoms with Crippen molar-refractivity contribution >= 4 is 31.9 Å². The maximum absolute atomic E-state index is 9.94. The molecule has 2 aromatic carbocycles. The Morgan fingerprint density at radius 2 is 1.36 bits per heavy atom. The van der Waals surface area contributed by atoms with Crippen LogP contribution < -0.4 is 0 Å². The quantitative estimate of drug-likeness (QED) is 0.512.